The molecular formula is C28H44N8O10. The van der Waals surface area contributed by atoms with Crippen molar-refractivity contribution in [2.24, 2.45) is 17.2 Å². The maximum absolute atomic E-state index is 13.5. The Hall–Kier alpha value is -4.81. The summed E-state index contributed by atoms with van der Waals surface area (Å²) in [6, 6.07) is -1.03. The van der Waals surface area contributed by atoms with Crippen LogP contribution in [0.2, 0.25) is 0 Å². The molecule has 46 heavy (non-hydrogen) atoms. The monoisotopic (exact) mass is 652 g/mol. The van der Waals surface area contributed by atoms with Crippen LogP contribution in [0.25, 0.3) is 0 Å². The largest absolute Gasteiger partial charge is 0.508 e. The minimum Gasteiger partial charge on any atom is -0.508 e. The highest BCUT2D eigenvalue weighted by Crippen LogP contribution is 2.13. The summed E-state index contributed by atoms with van der Waals surface area (Å²) in [7, 11) is 0. The van der Waals surface area contributed by atoms with E-state index < -0.39 is 84.8 Å². The number of primary amides is 1. The summed E-state index contributed by atoms with van der Waals surface area (Å²) >= 11 is 0. The summed E-state index contributed by atoms with van der Waals surface area (Å²) < 4.78 is 0. The fraction of sp³-hybridized carbons (Fsp3) is 0.536. The molecule has 0 aromatic heterocycles. The molecule has 0 fully saturated rings. The van der Waals surface area contributed by atoms with Crippen LogP contribution in [0, 0.1) is 0 Å². The van der Waals surface area contributed by atoms with Crippen molar-refractivity contribution in [2.45, 2.75) is 75.7 Å². The number of phenols is 1. The number of phenolic OH excluding ortho intramolecular Hbond substituents is 1. The van der Waals surface area contributed by atoms with Crippen molar-refractivity contribution >= 4 is 41.4 Å². The molecule has 0 unspecified atom stereocenters. The van der Waals surface area contributed by atoms with Crippen molar-refractivity contribution < 1.29 is 48.9 Å². The first-order chi connectivity index (χ1) is 21.7. The van der Waals surface area contributed by atoms with Crippen LogP contribution < -0.4 is 43.8 Å². The van der Waals surface area contributed by atoms with E-state index in [2.05, 4.69) is 26.6 Å². The minimum absolute atomic E-state index is 0.0536. The van der Waals surface area contributed by atoms with Gasteiger partial charge in [0, 0.05) is 12.8 Å². The summed E-state index contributed by atoms with van der Waals surface area (Å²) in [5, 5.41) is 40.5. The molecule has 0 radical (unpaired) electrons. The molecule has 0 heterocycles. The van der Waals surface area contributed by atoms with Crippen LogP contribution in [-0.2, 0) is 40.0 Å². The topological polar surface area (TPSA) is 318 Å². The number of carboxylic acids is 1. The number of aromatic hydroxyl groups is 1. The maximum Gasteiger partial charge on any atom is 0.326 e. The van der Waals surface area contributed by atoms with Gasteiger partial charge in [-0.2, -0.15) is 0 Å². The van der Waals surface area contributed by atoms with Gasteiger partial charge in [0.1, 0.15) is 36.0 Å². The Kier molecular flexibility index (Phi) is 17.3. The number of benzene rings is 1. The molecular weight excluding hydrogens is 608 g/mol. The first-order valence-electron chi connectivity index (χ1n) is 14.5. The lowest BCUT2D eigenvalue weighted by molar-refractivity contribution is -0.142. The van der Waals surface area contributed by atoms with E-state index in [9.17, 15) is 48.9 Å². The highest BCUT2D eigenvalue weighted by Gasteiger charge is 2.31. The number of amides is 6. The molecule has 14 N–H and O–H groups in total. The Balaban J connectivity index is 3.17. The van der Waals surface area contributed by atoms with Crippen LogP contribution in [0.4, 0.5) is 0 Å². The number of carbonyl (C=O) groups is 7. The number of carboxylic acid groups (broad SMARTS) is 1. The van der Waals surface area contributed by atoms with Crippen LogP contribution >= 0.6 is 0 Å². The van der Waals surface area contributed by atoms with Crippen LogP contribution in [0.1, 0.15) is 44.6 Å². The van der Waals surface area contributed by atoms with E-state index in [1.807, 2.05) is 0 Å². The molecule has 6 amide bonds. The number of carbonyl (C=O) groups excluding carboxylic acids is 6. The van der Waals surface area contributed by atoms with Gasteiger partial charge in [0.05, 0.1) is 13.2 Å². The average Bonchev–Trinajstić information content (AvgIpc) is 3.01. The molecule has 0 saturated heterocycles. The normalized spacial score (nSPS) is 14.0. The van der Waals surface area contributed by atoms with E-state index in [4.69, 9.17) is 17.2 Å². The van der Waals surface area contributed by atoms with Crippen LogP contribution in [0.15, 0.2) is 24.3 Å². The molecule has 0 bridgehead atoms. The first-order valence-corrected chi connectivity index (χ1v) is 14.5. The second-order valence-corrected chi connectivity index (χ2v) is 10.4. The second kappa shape index (κ2) is 20.3. The van der Waals surface area contributed by atoms with Crippen LogP contribution in [0.5, 0.6) is 5.75 Å². The van der Waals surface area contributed by atoms with Gasteiger partial charge in [-0.25, -0.2) is 4.79 Å². The highest BCUT2D eigenvalue weighted by molar-refractivity contribution is 5.96. The molecule has 0 spiro atoms. The third-order valence-corrected chi connectivity index (χ3v) is 6.65. The van der Waals surface area contributed by atoms with Crippen molar-refractivity contribution in [2.75, 3.05) is 19.7 Å². The second-order valence-electron chi connectivity index (χ2n) is 10.4. The predicted octanol–water partition coefficient (Wildman–Crippen LogP) is -4.19. The van der Waals surface area contributed by atoms with Crippen molar-refractivity contribution in [3.8, 4) is 5.75 Å². The quantitative estimate of drug-likeness (QED) is 0.0563. The summed E-state index contributed by atoms with van der Waals surface area (Å²) in [5.74, 6) is -6.37. The Bertz CT molecular complexity index is 1210. The van der Waals surface area contributed by atoms with Gasteiger partial charge >= 0.3 is 5.97 Å². The number of aliphatic hydroxyl groups is 1. The molecule has 5 atom stereocenters. The number of aliphatic hydroxyl groups excluding tert-OH is 1. The van der Waals surface area contributed by atoms with E-state index in [1.54, 1.807) is 0 Å². The lowest BCUT2D eigenvalue weighted by Gasteiger charge is -2.26. The fourth-order valence-corrected chi connectivity index (χ4v) is 4.05. The van der Waals surface area contributed by atoms with Gasteiger partial charge in [-0.15, -0.1) is 0 Å². The average molecular weight is 653 g/mol. The molecule has 0 saturated carbocycles. The van der Waals surface area contributed by atoms with Gasteiger partial charge in [0.15, 0.2) is 0 Å². The standard InChI is InChI=1S/C28H44N8O10/c1-15(32-27(44)21(14-37)33-23(40)13-30)24(41)34-18(4-2-3-11-29)25(42)36-20(12-16-5-7-17(38)8-6-16)26(43)35-19(28(45)46)9-10-22(31)39/h5-8,15,18-21,37-38H,2-4,9-14,29-30H2,1H3,(H2,31,39)(H,32,44)(H,33,40)(H,34,41)(H,35,43)(H,36,42)(H,45,46)/t15-,18-,19-,20-,21-/m0/s1. The molecule has 0 aliphatic heterocycles. The van der Waals surface area contributed by atoms with Crippen LogP contribution in [0.3, 0.4) is 0 Å². The lowest BCUT2D eigenvalue weighted by Crippen LogP contribution is -2.59. The number of rotatable bonds is 21. The number of nitrogens with two attached hydrogens (primary N) is 3. The number of nitrogens with one attached hydrogen (secondary N) is 5. The zero-order valence-corrected chi connectivity index (χ0v) is 25.5. The molecule has 18 nitrogen and oxygen atoms in total. The fourth-order valence-electron chi connectivity index (χ4n) is 4.05. The van der Waals surface area contributed by atoms with Crippen molar-refractivity contribution in [3.05, 3.63) is 29.8 Å². The maximum atomic E-state index is 13.5. The predicted molar refractivity (Wildman–Crippen MR) is 162 cm³/mol. The van der Waals surface area contributed by atoms with E-state index in [0.29, 0.717) is 24.9 Å². The highest BCUT2D eigenvalue weighted by atomic mass is 16.4. The molecule has 18 heteroatoms. The Labute approximate surface area is 265 Å². The van der Waals surface area contributed by atoms with E-state index in [0.717, 1.165) is 0 Å². The van der Waals surface area contributed by atoms with Crippen molar-refractivity contribution in [3.63, 3.8) is 0 Å². The van der Waals surface area contributed by atoms with Gasteiger partial charge in [0.25, 0.3) is 0 Å². The molecule has 1 rings (SSSR count). The Morgan fingerprint density at radius 2 is 1.30 bits per heavy atom. The third kappa shape index (κ3) is 14.3. The van der Waals surface area contributed by atoms with Crippen LogP contribution in [-0.4, -0.2) is 107 Å². The molecule has 1 aromatic rings. The number of hydrogen-bond acceptors (Lipinski definition) is 11. The number of aliphatic carboxylic acids is 1. The summed E-state index contributed by atoms with van der Waals surface area (Å²) in [5.41, 5.74) is 16.4. The molecule has 0 aliphatic carbocycles. The van der Waals surface area contributed by atoms with Crippen molar-refractivity contribution in [1.29, 1.82) is 0 Å². The van der Waals surface area contributed by atoms with E-state index in [1.165, 1.54) is 31.2 Å². The summed E-state index contributed by atoms with van der Waals surface area (Å²) in [6.07, 6.45) is 0.177. The van der Waals surface area contributed by atoms with Gasteiger partial charge in [-0.05, 0) is 56.8 Å². The molecule has 256 valence electrons. The van der Waals surface area contributed by atoms with Gasteiger partial charge in [0.2, 0.25) is 35.4 Å². The number of unbranched alkanes of at least 4 members (excludes halogenated alkanes) is 1. The Morgan fingerprint density at radius 3 is 1.85 bits per heavy atom. The number of hydrogen-bond donors (Lipinski definition) is 11. The zero-order valence-electron chi connectivity index (χ0n) is 25.5. The lowest BCUT2D eigenvalue weighted by atomic mass is 10.0. The SMILES string of the molecule is C[C@H](NC(=O)[C@H](CO)NC(=O)CN)C(=O)N[C@@H](CCCCN)C(=O)N[C@@H](Cc1ccc(O)cc1)C(=O)N[C@@H](CCC(N)=O)C(=O)O. The van der Waals surface area contributed by atoms with Gasteiger partial charge in [-0.3, -0.25) is 28.8 Å². The van der Waals surface area contributed by atoms with Gasteiger partial charge in [-0.1, -0.05) is 12.1 Å². The van der Waals surface area contributed by atoms with Crippen molar-refractivity contribution in [1.82, 2.24) is 26.6 Å². The first kappa shape index (κ1) is 39.2. The van der Waals surface area contributed by atoms with E-state index in [-0.39, 0.29) is 31.4 Å². The zero-order chi connectivity index (χ0) is 34.8. The molecule has 1 aromatic carbocycles. The smallest absolute Gasteiger partial charge is 0.326 e. The third-order valence-electron chi connectivity index (χ3n) is 6.65. The minimum atomic E-state index is -1.50. The molecule has 0 aliphatic rings. The Morgan fingerprint density at radius 1 is 0.739 bits per heavy atom. The van der Waals surface area contributed by atoms with E-state index >= 15 is 0 Å². The van der Waals surface area contributed by atoms with Gasteiger partial charge < -0.3 is 59.1 Å². The summed E-state index contributed by atoms with van der Waals surface area (Å²) in [4.78, 5) is 86.7. The summed E-state index contributed by atoms with van der Waals surface area (Å²) in [6.45, 7) is 0.390.